The molecule has 8 heteroatoms. The van der Waals surface area contributed by atoms with Crippen molar-refractivity contribution in [3.05, 3.63) is 28.2 Å². The van der Waals surface area contributed by atoms with Crippen LogP contribution in [-0.2, 0) is 11.8 Å². The van der Waals surface area contributed by atoms with Crippen molar-refractivity contribution in [2.45, 2.75) is 43.8 Å². The molecule has 140 valence electrons. The van der Waals surface area contributed by atoms with E-state index in [1.54, 1.807) is 12.1 Å². The van der Waals surface area contributed by atoms with E-state index in [0.717, 1.165) is 12.0 Å². The molecule has 0 bridgehead atoms. The lowest BCUT2D eigenvalue weighted by Gasteiger charge is -2.29. The summed E-state index contributed by atoms with van der Waals surface area (Å²) in [5, 5.41) is 13.3. The van der Waals surface area contributed by atoms with Crippen LogP contribution in [0.2, 0.25) is 10.0 Å². The molecule has 1 aromatic carbocycles. The first kappa shape index (κ1) is 19.5. The van der Waals surface area contributed by atoms with Gasteiger partial charge in [-0.25, -0.2) is 0 Å². The lowest BCUT2D eigenvalue weighted by molar-refractivity contribution is -0.119. The Hall–Kier alpha value is -1.24. The number of thioether (sulfide) groups is 1. The van der Waals surface area contributed by atoms with E-state index < -0.39 is 0 Å². The molecule has 1 aliphatic carbocycles. The summed E-state index contributed by atoms with van der Waals surface area (Å²) in [4.78, 5) is 12.3. The number of nitrogens with one attached hydrogen (secondary N) is 1. The lowest BCUT2D eigenvalue weighted by atomic mass is 9.86. The Bertz CT molecular complexity index is 795. The van der Waals surface area contributed by atoms with E-state index in [-0.39, 0.29) is 5.91 Å². The topological polar surface area (TPSA) is 59.8 Å². The molecule has 0 radical (unpaired) electrons. The predicted octanol–water partition coefficient (Wildman–Crippen LogP) is 4.58. The van der Waals surface area contributed by atoms with Crippen molar-refractivity contribution in [3.8, 4) is 11.4 Å². The van der Waals surface area contributed by atoms with Gasteiger partial charge in [-0.05, 0) is 37.0 Å². The maximum atomic E-state index is 12.3. The second kappa shape index (κ2) is 8.63. The van der Waals surface area contributed by atoms with Gasteiger partial charge >= 0.3 is 0 Å². The molecule has 1 fully saturated rings. The average molecular weight is 413 g/mol. The minimum atomic E-state index is 0.0443. The van der Waals surface area contributed by atoms with Gasteiger partial charge in [0.2, 0.25) is 5.91 Å². The smallest absolute Gasteiger partial charge is 0.230 e. The minimum Gasteiger partial charge on any atom is -0.352 e. The number of nitrogens with zero attached hydrogens (tertiary/aromatic N) is 3. The molecule has 5 nitrogen and oxygen atoms in total. The molecule has 0 unspecified atom stereocenters. The van der Waals surface area contributed by atoms with Crippen LogP contribution in [0.4, 0.5) is 0 Å². The predicted molar refractivity (Wildman–Crippen MR) is 107 cm³/mol. The van der Waals surface area contributed by atoms with Crippen molar-refractivity contribution in [2.24, 2.45) is 13.0 Å². The maximum absolute atomic E-state index is 12.3. The normalized spacial score (nSPS) is 20.2. The van der Waals surface area contributed by atoms with Crippen molar-refractivity contribution in [1.82, 2.24) is 20.1 Å². The number of carbonyl (C=O) groups excluding carboxylic acids is 1. The van der Waals surface area contributed by atoms with E-state index >= 15 is 0 Å². The fourth-order valence-electron chi connectivity index (χ4n) is 3.26. The summed E-state index contributed by atoms with van der Waals surface area (Å²) in [7, 11) is 1.86. The quantitative estimate of drug-likeness (QED) is 0.730. The number of aromatic nitrogens is 3. The summed E-state index contributed by atoms with van der Waals surface area (Å²) in [6, 6.07) is 5.56. The van der Waals surface area contributed by atoms with Crippen LogP contribution < -0.4 is 5.32 Å². The molecule has 0 aliphatic heterocycles. The third-order valence-electron chi connectivity index (χ3n) is 4.80. The lowest BCUT2D eigenvalue weighted by Crippen LogP contribution is -2.41. The molecule has 2 atom stereocenters. The van der Waals surface area contributed by atoms with Crippen molar-refractivity contribution >= 4 is 40.9 Å². The monoisotopic (exact) mass is 412 g/mol. The Morgan fingerprint density at radius 1 is 1.31 bits per heavy atom. The van der Waals surface area contributed by atoms with Gasteiger partial charge in [0.1, 0.15) is 0 Å². The SMILES string of the molecule is C[C@H]1CCCC[C@@H]1NC(=O)CSc1nnc(-c2ccc(Cl)cc2Cl)n1C. The highest BCUT2D eigenvalue weighted by molar-refractivity contribution is 7.99. The van der Waals surface area contributed by atoms with E-state index in [1.807, 2.05) is 17.7 Å². The van der Waals surface area contributed by atoms with Crippen LogP contribution in [0.15, 0.2) is 23.4 Å². The first-order chi connectivity index (χ1) is 12.5. The maximum Gasteiger partial charge on any atom is 0.230 e. The van der Waals surface area contributed by atoms with Crippen molar-refractivity contribution in [2.75, 3.05) is 5.75 Å². The van der Waals surface area contributed by atoms with Crippen molar-refractivity contribution < 1.29 is 4.79 Å². The summed E-state index contributed by atoms with van der Waals surface area (Å²) in [5.74, 6) is 1.56. The Morgan fingerprint density at radius 2 is 2.08 bits per heavy atom. The van der Waals surface area contributed by atoms with Gasteiger partial charge in [0, 0.05) is 23.7 Å². The summed E-state index contributed by atoms with van der Waals surface area (Å²) < 4.78 is 1.84. The zero-order chi connectivity index (χ0) is 18.7. The van der Waals surface area contributed by atoms with E-state index in [0.29, 0.717) is 38.7 Å². The Balaban J connectivity index is 1.62. The van der Waals surface area contributed by atoms with Crippen LogP contribution >= 0.6 is 35.0 Å². The number of hydrogen-bond donors (Lipinski definition) is 1. The third-order valence-corrected chi connectivity index (χ3v) is 6.37. The second-order valence-corrected chi connectivity index (χ2v) is 8.50. The standard InChI is InChI=1S/C18H22Cl2N4OS/c1-11-5-3-4-6-15(11)21-16(25)10-26-18-23-22-17(24(18)2)13-8-7-12(19)9-14(13)20/h7-9,11,15H,3-6,10H2,1-2H3,(H,21,25)/t11-,15-/m0/s1. The van der Waals surface area contributed by atoms with E-state index in [1.165, 1.54) is 31.0 Å². The van der Waals surface area contributed by atoms with Crippen LogP contribution in [-0.4, -0.2) is 32.5 Å². The summed E-state index contributed by atoms with van der Waals surface area (Å²) in [6.45, 7) is 2.21. The Labute approximate surface area is 167 Å². The molecule has 3 rings (SSSR count). The van der Waals surface area contributed by atoms with Gasteiger partial charge in [-0.15, -0.1) is 10.2 Å². The Kier molecular flexibility index (Phi) is 6.48. The summed E-state index contributed by atoms with van der Waals surface area (Å²) >= 11 is 13.6. The van der Waals surface area contributed by atoms with Crippen LogP contribution in [0.25, 0.3) is 11.4 Å². The minimum absolute atomic E-state index is 0.0443. The van der Waals surface area contributed by atoms with Crippen molar-refractivity contribution in [3.63, 3.8) is 0 Å². The number of rotatable bonds is 5. The van der Waals surface area contributed by atoms with Crippen molar-refractivity contribution in [1.29, 1.82) is 0 Å². The molecule has 2 aromatic rings. The highest BCUT2D eigenvalue weighted by Crippen LogP contribution is 2.30. The highest BCUT2D eigenvalue weighted by atomic mass is 35.5. The van der Waals surface area contributed by atoms with Gasteiger partial charge in [-0.1, -0.05) is 54.7 Å². The summed E-state index contributed by atoms with van der Waals surface area (Å²) in [6.07, 6.45) is 4.71. The molecule has 1 aromatic heterocycles. The van der Waals surface area contributed by atoms with E-state index in [9.17, 15) is 4.79 Å². The fraction of sp³-hybridized carbons (Fsp3) is 0.500. The molecule has 1 amide bonds. The molecule has 1 aliphatic rings. The fourth-order valence-corrected chi connectivity index (χ4v) is 4.47. The first-order valence-electron chi connectivity index (χ1n) is 8.72. The molecule has 1 N–H and O–H groups in total. The Morgan fingerprint density at radius 3 is 2.81 bits per heavy atom. The van der Waals surface area contributed by atoms with Gasteiger partial charge in [0.05, 0.1) is 10.8 Å². The molecule has 1 heterocycles. The second-order valence-electron chi connectivity index (χ2n) is 6.71. The van der Waals surface area contributed by atoms with Crippen LogP contribution in [0.5, 0.6) is 0 Å². The van der Waals surface area contributed by atoms with Gasteiger partial charge in [0.25, 0.3) is 0 Å². The zero-order valence-electron chi connectivity index (χ0n) is 14.8. The van der Waals surface area contributed by atoms with Gasteiger partial charge in [-0.3, -0.25) is 4.79 Å². The van der Waals surface area contributed by atoms with Crippen LogP contribution in [0, 0.1) is 5.92 Å². The molecule has 26 heavy (non-hydrogen) atoms. The van der Waals surface area contributed by atoms with Gasteiger partial charge in [-0.2, -0.15) is 0 Å². The average Bonchev–Trinajstić information content (AvgIpc) is 2.96. The van der Waals surface area contributed by atoms with Crippen LogP contribution in [0.3, 0.4) is 0 Å². The van der Waals surface area contributed by atoms with E-state index in [2.05, 4.69) is 22.4 Å². The number of amides is 1. The number of carbonyl (C=O) groups is 1. The highest BCUT2D eigenvalue weighted by Gasteiger charge is 2.23. The molecule has 0 spiro atoms. The largest absolute Gasteiger partial charge is 0.352 e. The van der Waals surface area contributed by atoms with Gasteiger partial charge < -0.3 is 9.88 Å². The molecule has 0 saturated heterocycles. The number of halogens is 2. The number of hydrogen-bond acceptors (Lipinski definition) is 4. The van der Waals surface area contributed by atoms with Crippen LogP contribution in [0.1, 0.15) is 32.6 Å². The molecule has 1 saturated carbocycles. The third kappa shape index (κ3) is 4.53. The van der Waals surface area contributed by atoms with E-state index in [4.69, 9.17) is 23.2 Å². The molecular formula is C18H22Cl2N4OS. The zero-order valence-corrected chi connectivity index (χ0v) is 17.2. The van der Waals surface area contributed by atoms with Gasteiger partial charge in [0.15, 0.2) is 11.0 Å². The summed E-state index contributed by atoms with van der Waals surface area (Å²) in [5.41, 5.74) is 0.762. The first-order valence-corrected chi connectivity index (χ1v) is 10.5. The molecular weight excluding hydrogens is 391 g/mol. The number of benzene rings is 1.